The van der Waals surface area contributed by atoms with Gasteiger partial charge in [0.1, 0.15) is 0 Å². The zero-order chi connectivity index (χ0) is 13.9. The fraction of sp³-hybridized carbons (Fsp3) is 0.714. The number of hydrogen-bond acceptors (Lipinski definition) is 5. The van der Waals surface area contributed by atoms with Crippen molar-refractivity contribution in [3.8, 4) is 0 Å². The van der Waals surface area contributed by atoms with Crippen LogP contribution in [0.25, 0.3) is 0 Å². The van der Waals surface area contributed by atoms with Crippen molar-refractivity contribution in [2.75, 3.05) is 31.1 Å². The minimum Gasteiger partial charge on any atom is -0.481 e. The van der Waals surface area contributed by atoms with Crippen LogP contribution in [0.3, 0.4) is 0 Å². The summed E-state index contributed by atoms with van der Waals surface area (Å²) in [6.45, 7) is 3.81. The highest BCUT2D eigenvalue weighted by Crippen LogP contribution is 2.30. The molecule has 1 aromatic rings. The molecule has 2 fully saturated rings. The van der Waals surface area contributed by atoms with Crippen LogP contribution in [0.4, 0.5) is 5.13 Å². The van der Waals surface area contributed by atoms with Crippen molar-refractivity contribution in [3.63, 3.8) is 0 Å². The Labute approximate surface area is 123 Å². The van der Waals surface area contributed by atoms with Gasteiger partial charge >= 0.3 is 5.97 Å². The van der Waals surface area contributed by atoms with Crippen molar-refractivity contribution in [3.05, 3.63) is 11.6 Å². The van der Waals surface area contributed by atoms with Gasteiger partial charge in [-0.15, -0.1) is 11.3 Å². The second kappa shape index (κ2) is 6.10. The van der Waals surface area contributed by atoms with Crippen LogP contribution in [-0.2, 0) is 4.79 Å². The summed E-state index contributed by atoms with van der Waals surface area (Å²) in [5, 5.41) is 12.5. The van der Waals surface area contributed by atoms with Crippen LogP contribution in [0.5, 0.6) is 0 Å². The van der Waals surface area contributed by atoms with Crippen LogP contribution in [-0.4, -0.2) is 53.2 Å². The molecule has 3 rings (SSSR count). The van der Waals surface area contributed by atoms with E-state index in [9.17, 15) is 9.90 Å². The SMILES string of the molecule is O=C(O)C1CCCCC1N1CCN(c2nccs2)CC1. The highest BCUT2D eigenvalue weighted by Gasteiger charge is 2.36. The van der Waals surface area contributed by atoms with Crippen LogP contribution < -0.4 is 4.90 Å². The van der Waals surface area contributed by atoms with Crippen LogP contribution in [0.15, 0.2) is 11.6 Å². The molecular formula is C14H21N3O2S. The van der Waals surface area contributed by atoms with Crippen molar-refractivity contribution in [1.29, 1.82) is 0 Å². The lowest BCUT2D eigenvalue weighted by Gasteiger charge is -2.43. The molecule has 1 aliphatic carbocycles. The Morgan fingerprint density at radius 2 is 2.00 bits per heavy atom. The molecule has 0 radical (unpaired) electrons. The topological polar surface area (TPSA) is 56.7 Å². The molecule has 0 bridgehead atoms. The molecule has 1 saturated carbocycles. The number of carboxylic acid groups (broad SMARTS) is 1. The summed E-state index contributed by atoms with van der Waals surface area (Å²) in [5.41, 5.74) is 0. The van der Waals surface area contributed by atoms with Crippen molar-refractivity contribution in [2.45, 2.75) is 31.7 Å². The normalized spacial score (nSPS) is 28.5. The molecule has 2 heterocycles. The third kappa shape index (κ3) is 2.81. The lowest BCUT2D eigenvalue weighted by Crippen LogP contribution is -2.54. The molecule has 2 unspecified atom stereocenters. The summed E-state index contributed by atoms with van der Waals surface area (Å²) in [7, 11) is 0. The van der Waals surface area contributed by atoms with E-state index in [4.69, 9.17) is 0 Å². The Morgan fingerprint density at radius 1 is 1.25 bits per heavy atom. The maximum absolute atomic E-state index is 11.4. The van der Waals surface area contributed by atoms with Gasteiger partial charge in [-0.25, -0.2) is 4.98 Å². The number of nitrogens with zero attached hydrogens (tertiary/aromatic N) is 3. The average Bonchev–Trinajstić information content (AvgIpc) is 3.02. The predicted molar refractivity (Wildman–Crippen MR) is 79.3 cm³/mol. The Bertz CT molecular complexity index is 443. The molecular weight excluding hydrogens is 274 g/mol. The Morgan fingerprint density at radius 3 is 2.65 bits per heavy atom. The first-order valence-electron chi connectivity index (χ1n) is 7.37. The van der Waals surface area contributed by atoms with Crippen LogP contribution in [0.1, 0.15) is 25.7 Å². The summed E-state index contributed by atoms with van der Waals surface area (Å²) in [4.78, 5) is 20.5. The summed E-state index contributed by atoms with van der Waals surface area (Å²) in [6, 6.07) is 0.236. The lowest BCUT2D eigenvalue weighted by molar-refractivity contribution is -0.145. The van der Waals surface area contributed by atoms with Gasteiger partial charge in [0.15, 0.2) is 5.13 Å². The fourth-order valence-corrected chi connectivity index (χ4v) is 4.15. The zero-order valence-corrected chi connectivity index (χ0v) is 12.4. The molecule has 0 spiro atoms. The highest BCUT2D eigenvalue weighted by atomic mass is 32.1. The van der Waals surface area contributed by atoms with Gasteiger partial charge in [0.25, 0.3) is 0 Å². The quantitative estimate of drug-likeness (QED) is 0.923. The Balaban J connectivity index is 1.60. The molecule has 5 nitrogen and oxygen atoms in total. The fourth-order valence-electron chi connectivity index (χ4n) is 3.45. The van der Waals surface area contributed by atoms with E-state index in [0.29, 0.717) is 0 Å². The molecule has 0 amide bonds. The maximum Gasteiger partial charge on any atom is 0.308 e. The smallest absolute Gasteiger partial charge is 0.308 e. The Kier molecular flexibility index (Phi) is 4.21. The van der Waals surface area contributed by atoms with E-state index in [1.165, 1.54) is 6.42 Å². The molecule has 2 atom stereocenters. The second-order valence-corrected chi connectivity index (χ2v) is 6.51. The van der Waals surface area contributed by atoms with Crippen LogP contribution in [0, 0.1) is 5.92 Å². The molecule has 6 heteroatoms. The van der Waals surface area contributed by atoms with Gasteiger partial charge in [0.05, 0.1) is 5.92 Å². The number of piperazine rings is 1. The lowest BCUT2D eigenvalue weighted by atomic mass is 9.83. The van der Waals surface area contributed by atoms with Crippen LogP contribution in [0.2, 0.25) is 0 Å². The number of thiazole rings is 1. The molecule has 2 aliphatic rings. The molecule has 20 heavy (non-hydrogen) atoms. The number of anilines is 1. The first-order chi connectivity index (χ1) is 9.75. The van der Waals surface area contributed by atoms with Gasteiger partial charge < -0.3 is 10.0 Å². The predicted octanol–water partition coefficient (Wildman–Crippen LogP) is 1.91. The molecule has 1 N–H and O–H groups in total. The molecule has 0 aromatic carbocycles. The number of carboxylic acids is 1. The average molecular weight is 295 g/mol. The van der Waals surface area contributed by atoms with Crippen molar-refractivity contribution >= 4 is 22.4 Å². The third-order valence-electron chi connectivity index (χ3n) is 4.52. The molecule has 1 saturated heterocycles. The van der Waals surface area contributed by atoms with Crippen molar-refractivity contribution in [1.82, 2.24) is 9.88 Å². The summed E-state index contributed by atoms with van der Waals surface area (Å²) >= 11 is 1.67. The summed E-state index contributed by atoms with van der Waals surface area (Å²) < 4.78 is 0. The standard InChI is InChI=1S/C14H21N3O2S/c18-13(19)11-3-1-2-4-12(11)16-6-8-17(9-7-16)14-15-5-10-20-14/h5,10-12H,1-4,6-9H2,(H,18,19). The van der Waals surface area contributed by atoms with Gasteiger partial charge in [-0.05, 0) is 12.8 Å². The number of carbonyl (C=O) groups is 1. The largest absolute Gasteiger partial charge is 0.481 e. The van der Waals surface area contributed by atoms with Crippen molar-refractivity contribution in [2.24, 2.45) is 5.92 Å². The number of aliphatic carboxylic acids is 1. The number of aromatic nitrogens is 1. The van der Waals surface area contributed by atoms with E-state index < -0.39 is 5.97 Å². The van der Waals surface area contributed by atoms with Gasteiger partial charge in [0.2, 0.25) is 0 Å². The van der Waals surface area contributed by atoms with Crippen molar-refractivity contribution < 1.29 is 9.90 Å². The maximum atomic E-state index is 11.4. The minimum atomic E-state index is -0.614. The van der Waals surface area contributed by atoms with E-state index in [1.54, 1.807) is 11.3 Å². The third-order valence-corrected chi connectivity index (χ3v) is 5.35. The van der Waals surface area contributed by atoms with Gasteiger partial charge in [0, 0.05) is 43.8 Å². The minimum absolute atomic E-state index is 0.171. The van der Waals surface area contributed by atoms with Gasteiger partial charge in [-0.1, -0.05) is 12.8 Å². The molecule has 1 aromatic heterocycles. The highest BCUT2D eigenvalue weighted by molar-refractivity contribution is 7.13. The van der Waals surface area contributed by atoms with E-state index in [-0.39, 0.29) is 12.0 Å². The van der Waals surface area contributed by atoms with E-state index in [0.717, 1.165) is 50.6 Å². The monoisotopic (exact) mass is 295 g/mol. The van der Waals surface area contributed by atoms with Gasteiger partial charge in [-0.3, -0.25) is 9.69 Å². The number of rotatable bonds is 3. The van der Waals surface area contributed by atoms with Gasteiger partial charge in [-0.2, -0.15) is 0 Å². The zero-order valence-electron chi connectivity index (χ0n) is 11.6. The first kappa shape index (κ1) is 13.8. The van der Waals surface area contributed by atoms with E-state index in [1.807, 2.05) is 11.6 Å². The summed E-state index contributed by atoms with van der Waals surface area (Å²) in [6.07, 6.45) is 5.95. The van der Waals surface area contributed by atoms with Crippen LogP contribution >= 0.6 is 11.3 Å². The Hall–Kier alpha value is -1.14. The second-order valence-electron chi connectivity index (χ2n) is 5.63. The van der Waals surface area contributed by atoms with E-state index in [2.05, 4.69) is 14.8 Å². The van der Waals surface area contributed by atoms with E-state index >= 15 is 0 Å². The number of hydrogen-bond donors (Lipinski definition) is 1. The molecule has 110 valence electrons. The summed E-state index contributed by atoms with van der Waals surface area (Å²) in [5.74, 6) is -0.785. The first-order valence-corrected chi connectivity index (χ1v) is 8.25. The molecule has 1 aliphatic heterocycles.